The van der Waals surface area contributed by atoms with E-state index >= 15 is 0 Å². The van der Waals surface area contributed by atoms with Gasteiger partial charge in [0.15, 0.2) is 11.5 Å². The van der Waals surface area contributed by atoms with Crippen LogP contribution in [0.2, 0.25) is 5.02 Å². The van der Waals surface area contributed by atoms with Crippen molar-refractivity contribution in [2.24, 2.45) is 0 Å². The Balaban J connectivity index is 2.01. The van der Waals surface area contributed by atoms with Crippen LogP contribution < -0.4 is 15.2 Å². The van der Waals surface area contributed by atoms with Crippen molar-refractivity contribution in [3.8, 4) is 23.3 Å². The maximum atomic E-state index is 6.03. The summed E-state index contributed by atoms with van der Waals surface area (Å²) in [5.74, 6) is 7.19. The van der Waals surface area contributed by atoms with Crippen LogP contribution in [0, 0.1) is 11.8 Å². The minimum Gasteiger partial charge on any atom is -0.493 e. The molecule has 0 heterocycles. The number of hydrogen-bond acceptors (Lipinski definition) is 3. The van der Waals surface area contributed by atoms with Gasteiger partial charge in [-0.15, -0.1) is 0 Å². The van der Waals surface area contributed by atoms with Gasteiger partial charge in [0.2, 0.25) is 0 Å². The zero-order chi connectivity index (χ0) is 14.4. The minimum absolute atomic E-state index is 0.251. The monoisotopic (exact) mass is 287 g/mol. The van der Waals surface area contributed by atoms with Gasteiger partial charge in [0.25, 0.3) is 0 Å². The first-order valence-corrected chi connectivity index (χ1v) is 6.38. The second-order valence-electron chi connectivity index (χ2n) is 3.98. The predicted molar refractivity (Wildman–Crippen MR) is 81.2 cm³/mol. The lowest BCUT2D eigenvalue weighted by Crippen LogP contribution is -1.96. The van der Waals surface area contributed by atoms with Gasteiger partial charge in [0.05, 0.1) is 12.1 Å². The number of anilines is 1. The van der Waals surface area contributed by atoms with Crippen molar-refractivity contribution in [1.82, 2.24) is 0 Å². The fraction of sp³-hybridized carbons (Fsp3) is 0.125. The molecule has 0 radical (unpaired) electrons. The number of rotatable bonds is 3. The second-order valence-corrected chi connectivity index (χ2v) is 4.39. The fourth-order valence-electron chi connectivity index (χ4n) is 1.62. The van der Waals surface area contributed by atoms with Crippen LogP contribution in [0.5, 0.6) is 11.5 Å². The largest absolute Gasteiger partial charge is 0.493 e. The van der Waals surface area contributed by atoms with E-state index in [0.29, 0.717) is 22.2 Å². The Morgan fingerprint density at radius 3 is 2.60 bits per heavy atom. The van der Waals surface area contributed by atoms with Crippen molar-refractivity contribution in [2.75, 3.05) is 19.5 Å². The van der Waals surface area contributed by atoms with Gasteiger partial charge in [-0.2, -0.15) is 0 Å². The molecule has 2 N–H and O–H groups in total. The number of hydrogen-bond donors (Lipinski definition) is 1. The summed E-state index contributed by atoms with van der Waals surface area (Å²) in [6.45, 7) is 0.251. The van der Waals surface area contributed by atoms with Crippen molar-refractivity contribution >= 4 is 17.3 Å². The summed E-state index contributed by atoms with van der Waals surface area (Å²) in [5.41, 5.74) is 6.96. The number of halogens is 1. The normalized spacial score (nSPS) is 9.50. The highest BCUT2D eigenvalue weighted by Gasteiger charge is 2.00. The molecule has 0 aliphatic heterocycles. The summed E-state index contributed by atoms with van der Waals surface area (Å²) < 4.78 is 10.7. The number of nitrogen functional groups attached to an aromatic ring is 1. The molecule has 0 unspecified atom stereocenters. The molecule has 0 amide bonds. The Kier molecular flexibility index (Phi) is 4.75. The quantitative estimate of drug-likeness (QED) is 0.695. The van der Waals surface area contributed by atoms with Gasteiger partial charge in [0.1, 0.15) is 6.61 Å². The van der Waals surface area contributed by atoms with E-state index in [0.717, 1.165) is 5.56 Å². The molecule has 0 aliphatic rings. The molecule has 102 valence electrons. The highest BCUT2D eigenvalue weighted by Crippen LogP contribution is 2.25. The van der Waals surface area contributed by atoms with Gasteiger partial charge >= 0.3 is 0 Å². The number of benzene rings is 2. The van der Waals surface area contributed by atoms with Crippen molar-refractivity contribution in [2.45, 2.75) is 0 Å². The van der Waals surface area contributed by atoms with E-state index in [4.69, 9.17) is 26.8 Å². The average Bonchev–Trinajstić information content (AvgIpc) is 2.46. The second kappa shape index (κ2) is 6.74. The maximum absolute atomic E-state index is 6.03. The van der Waals surface area contributed by atoms with Crippen LogP contribution in [0.3, 0.4) is 0 Å². The molecule has 3 nitrogen and oxygen atoms in total. The first-order valence-electron chi connectivity index (χ1n) is 6.00. The fourth-order valence-corrected chi connectivity index (χ4v) is 1.85. The van der Waals surface area contributed by atoms with E-state index in [2.05, 4.69) is 11.8 Å². The maximum Gasteiger partial charge on any atom is 0.162 e. The number of para-hydroxylation sites is 2. The van der Waals surface area contributed by atoms with Crippen molar-refractivity contribution < 1.29 is 9.47 Å². The van der Waals surface area contributed by atoms with Gasteiger partial charge in [-0.05, 0) is 30.3 Å². The van der Waals surface area contributed by atoms with Gasteiger partial charge in [-0.3, -0.25) is 0 Å². The Labute approximate surface area is 123 Å². The lowest BCUT2D eigenvalue weighted by atomic mass is 10.2. The molecule has 0 aromatic heterocycles. The summed E-state index contributed by atoms with van der Waals surface area (Å²) in [4.78, 5) is 0. The van der Waals surface area contributed by atoms with Crippen molar-refractivity contribution in [1.29, 1.82) is 0 Å². The van der Waals surface area contributed by atoms with Gasteiger partial charge in [-0.25, -0.2) is 0 Å². The third-order valence-electron chi connectivity index (χ3n) is 2.59. The van der Waals surface area contributed by atoms with Crippen molar-refractivity contribution in [3.63, 3.8) is 0 Å². The van der Waals surface area contributed by atoms with E-state index < -0.39 is 0 Å². The molecule has 0 spiro atoms. The summed E-state index contributed by atoms with van der Waals surface area (Å²) in [6.07, 6.45) is 0. The highest BCUT2D eigenvalue weighted by molar-refractivity contribution is 6.32. The third-order valence-corrected chi connectivity index (χ3v) is 2.90. The van der Waals surface area contributed by atoms with Crippen LogP contribution in [0.15, 0.2) is 42.5 Å². The van der Waals surface area contributed by atoms with E-state index in [1.165, 1.54) is 0 Å². The number of methoxy groups -OCH3 is 1. The van der Waals surface area contributed by atoms with E-state index in [9.17, 15) is 0 Å². The van der Waals surface area contributed by atoms with Crippen molar-refractivity contribution in [3.05, 3.63) is 53.1 Å². The van der Waals surface area contributed by atoms with E-state index in [-0.39, 0.29) is 6.61 Å². The molecule has 0 bridgehead atoms. The molecule has 0 saturated carbocycles. The predicted octanol–water partition coefficient (Wildman–Crippen LogP) is 3.36. The summed E-state index contributed by atoms with van der Waals surface area (Å²) >= 11 is 6.03. The number of nitrogens with two attached hydrogens (primary N) is 1. The van der Waals surface area contributed by atoms with Crippen LogP contribution in [0.25, 0.3) is 0 Å². The third kappa shape index (κ3) is 3.59. The Morgan fingerprint density at radius 1 is 1.15 bits per heavy atom. The first-order chi connectivity index (χ1) is 9.70. The van der Waals surface area contributed by atoms with Crippen LogP contribution in [0.4, 0.5) is 5.69 Å². The number of ether oxygens (including phenoxy) is 2. The lowest BCUT2D eigenvalue weighted by Gasteiger charge is -2.07. The molecule has 0 fully saturated rings. The molecule has 2 aromatic carbocycles. The SMILES string of the molecule is COc1ccccc1OCC#Cc1ccc(N)cc1Cl. The Hall–Kier alpha value is -2.31. The highest BCUT2D eigenvalue weighted by atomic mass is 35.5. The smallest absolute Gasteiger partial charge is 0.162 e. The molecular weight excluding hydrogens is 274 g/mol. The minimum atomic E-state index is 0.251. The molecular formula is C16H14ClNO2. The lowest BCUT2D eigenvalue weighted by molar-refractivity contribution is 0.331. The standard InChI is InChI=1S/C16H14ClNO2/c1-19-15-6-2-3-7-16(15)20-10-4-5-12-8-9-13(18)11-14(12)17/h2-3,6-9,11H,10,18H2,1H3. The summed E-state index contributed by atoms with van der Waals surface area (Å²) in [6, 6.07) is 12.6. The van der Waals surface area contributed by atoms with Crippen LogP contribution in [0.1, 0.15) is 5.56 Å². The molecule has 2 rings (SSSR count). The molecule has 0 saturated heterocycles. The van der Waals surface area contributed by atoms with Crippen LogP contribution in [-0.2, 0) is 0 Å². The van der Waals surface area contributed by atoms with E-state index in [1.807, 2.05) is 24.3 Å². The average molecular weight is 288 g/mol. The topological polar surface area (TPSA) is 44.5 Å². The molecule has 4 heteroatoms. The van der Waals surface area contributed by atoms with Crippen LogP contribution >= 0.6 is 11.6 Å². The first kappa shape index (κ1) is 14.1. The zero-order valence-electron chi connectivity index (χ0n) is 11.0. The Bertz CT molecular complexity index is 659. The Morgan fingerprint density at radius 2 is 1.90 bits per heavy atom. The van der Waals surface area contributed by atoms with Gasteiger partial charge in [-0.1, -0.05) is 35.6 Å². The van der Waals surface area contributed by atoms with Gasteiger partial charge < -0.3 is 15.2 Å². The molecule has 2 aromatic rings. The van der Waals surface area contributed by atoms with E-state index in [1.54, 1.807) is 25.3 Å². The van der Waals surface area contributed by atoms with Crippen LogP contribution in [-0.4, -0.2) is 13.7 Å². The summed E-state index contributed by atoms with van der Waals surface area (Å²) in [7, 11) is 1.60. The zero-order valence-corrected chi connectivity index (χ0v) is 11.8. The van der Waals surface area contributed by atoms with Gasteiger partial charge in [0, 0.05) is 11.3 Å². The molecule has 0 aliphatic carbocycles. The summed E-state index contributed by atoms with van der Waals surface area (Å²) in [5, 5.41) is 0.537. The molecule has 0 atom stereocenters. The molecule has 20 heavy (non-hydrogen) atoms.